The Balaban J connectivity index is 1.84. The third-order valence-corrected chi connectivity index (χ3v) is 3.36. The zero-order chi connectivity index (χ0) is 13.2. The van der Waals surface area contributed by atoms with E-state index in [0.717, 1.165) is 32.4 Å². The molecule has 0 saturated heterocycles. The van der Waals surface area contributed by atoms with Gasteiger partial charge in [-0.15, -0.1) is 0 Å². The maximum absolute atomic E-state index is 5.79. The number of nitrogen functional groups attached to an aromatic ring is 1. The Morgan fingerprint density at radius 1 is 1.16 bits per heavy atom. The Morgan fingerprint density at radius 3 is 2.89 bits per heavy atom. The number of anilines is 1. The first-order chi connectivity index (χ1) is 9.22. The van der Waals surface area contributed by atoms with E-state index in [-0.39, 0.29) is 0 Å². The SMILES string of the molecule is Nc1ccc2occ(COc3cccc(Br)c3)c2c1. The smallest absolute Gasteiger partial charge is 0.134 e. The molecule has 3 aromatic rings. The Hall–Kier alpha value is -1.94. The van der Waals surface area contributed by atoms with Crippen LogP contribution in [0.4, 0.5) is 5.69 Å². The Morgan fingerprint density at radius 2 is 2.05 bits per heavy atom. The summed E-state index contributed by atoms with van der Waals surface area (Å²) < 4.78 is 12.2. The van der Waals surface area contributed by atoms with Gasteiger partial charge in [0.05, 0.1) is 6.26 Å². The molecule has 3 rings (SSSR count). The molecule has 2 aromatic carbocycles. The second kappa shape index (κ2) is 4.97. The molecule has 1 heterocycles. The van der Waals surface area contributed by atoms with Crippen molar-refractivity contribution in [3.8, 4) is 5.75 Å². The van der Waals surface area contributed by atoms with Crippen molar-refractivity contribution in [3.63, 3.8) is 0 Å². The molecule has 0 atom stereocenters. The van der Waals surface area contributed by atoms with Crippen LogP contribution >= 0.6 is 15.9 Å². The third kappa shape index (κ3) is 2.58. The minimum absolute atomic E-state index is 0.451. The summed E-state index contributed by atoms with van der Waals surface area (Å²) in [5, 5.41) is 0.995. The number of hydrogen-bond donors (Lipinski definition) is 1. The van der Waals surface area contributed by atoms with E-state index in [9.17, 15) is 0 Å². The summed E-state index contributed by atoms with van der Waals surface area (Å²) in [5.74, 6) is 0.813. The number of furan rings is 1. The van der Waals surface area contributed by atoms with Crippen LogP contribution in [-0.2, 0) is 6.61 Å². The van der Waals surface area contributed by atoms with Gasteiger partial charge in [0.2, 0.25) is 0 Å². The van der Waals surface area contributed by atoms with E-state index in [1.54, 1.807) is 6.26 Å². The minimum atomic E-state index is 0.451. The van der Waals surface area contributed by atoms with Gasteiger partial charge in [-0.05, 0) is 36.4 Å². The van der Waals surface area contributed by atoms with Crippen molar-refractivity contribution < 1.29 is 9.15 Å². The predicted molar refractivity (Wildman–Crippen MR) is 79.1 cm³/mol. The molecule has 3 nitrogen and oxygen atoms in total. The average molecular weight is 318 g/mol. The molecule has 2 N–H and O–H groups in total. The van der Waals surface area contributed by atoms with Crippen molar-refractivity contribution in [2.75, 3.05) is 5.73 Å². The van der Waals surface area contributed by atoms with Crippen molar-refractivity contribution in [2.45, 2.75) is 6.61 Å². The van der Waals surface area contributed by atoms with Gasteiger partial charge in [0.15, 0.2) is 0 Å². The van der Waals surface area contributed by atoms with E-state index >= 15 is 0 Å². The topological polar surface area (TPSA) is 48.4 Å². The summed E-state index contributed by atoms with van der Waals surface area (Å²) in [6.07, 6.45) is 1.71. The van der Waals surface area contributed by atoms with Gasteiger partial charge in [0.1, 0.15) is 17.9 Å². The number of rotatable bonds is 3. The van der Waals surface area contributed by atoms with Crippen LogP contribution in [0.15, 0.2) is 57.6 Å². The summed E-state index contributed by atoms with van der Waals surface area (Å²) in [7, 11) is 0. The molecule has 0 aliphatic carbocycles. The van der Waals surface area contributed by atoms with Gasteiger partial charge in [-0.3, -0.25) is 0 Å². The number of benzene rings is 2. The third-order valence-electron chi connectivity index (χ3n) is 2.87. The summed E-state index contributed by atoms with van der Waals surface area (Å²) in [5.41, 5.74) is 8.32. The monoisotopic (exact) mass is 317 g/mol. The van der Waals surface area contributed by atoms with Crippen molar-refractivity contribution >= 4 is 32.6 Å². The minimum Gasteiger partial charge on any atom is -0.489 e. The van der Waals surface area contributed by atoms with Crippen LogP contribution < -0.4 is 10.5 Å². The fraction of sp³-hybridized carbons (Fsp3) is 0.0667. The molecular weight excluding hydrogens is 306 g/mol. The number of fused-ring (bicyclic) bond motifs is 1. The first-order valence-corrected chi connectivity index (χ1v) is 6.65. The summed E-state index contributed by atoms with van der Waals surface area (Å²) in [6, 6.07) is 13.3. The first-order valence-electron chi connectivity index (χ1n) is 5.86. The lowest BCUT2D eigenvalue weighted by molar-refractivity contribution is 0.306. The fourth-order valence-corrected chi connectivity index (χ4v) is 2.31. The molecule has 0 fully saturated rings. The van der Waals surface area contributed by atoms with E-state index in [2.05, 4.69) is 15.9 Å². The second-order valence-corrected chi connectivity index (χ2v) is 5.18. The van der Waals surface area contributed by atoms with Crippen LogP contribution in [0.3, 0.4) is 0 Å². The lowest BCUT2D eigenvalue weighted by Crippen LogP contribution is -1.94. The van der Waals surface area contributed by atoms with Gasteiger partial charge in [-0.2, -0.15) is 0 Å². The zero-order valence-corrected chi connectivity index (χ0v) is 11.7. The van der Waals surface area contributed by atoms with Crippen LogP contribution in [0, 0.1) is 0 Å². The molecule has 4 heteroatoms. The van der Waals surface area contributed by atoms with E-state index < -0.39 is 0 Å². The van der Waals surface area contributed by atoms with Crippen LogP contribution in [0.5, 0.6) is 5.75 Å². The number of hydrogen-bond acceptors (Lipinski definition) is 3. The van der Waals surface area contributed by atoms with E-state index in [0.29, 0.717) is 6.61 Å². The molecular formula is C15H12BrNO2. The Bertz CT molecular complexity index is 721. The summed E-state index contributed by atoms with van der Waals surface area (Å²) in [4.78, 5) is 0. The maximum Gasteiger partial charge on any atom is 0.134 e. The number of halogens is 1. The number of ether oxygens (including phenoxy) is 1. The highest BCUT2D eigenvalue weighted by atomic mass is 79.9. The molecule has 0 bridgehead atoms. The van der Waals surface area contributed by atoms with Crippen LogP contribution in [-0.4, -0.2) is 0 Å². The van der Waals surface area contributed by atoms with E-state index in [1.807, 2.05) is 42.5 Å². The molecule has 0 amide bonds. The molecule has 96 valence electrons. The van der Waals surface area contributed by atoms with Gasteiger partial charge in [0.25, 0.3) is 0 Å². The summed E-state index contributed by atoms with van der Waals surface area (Å²) in [6.45, 7) is 0.451. The van der Waals surface area contributed by atoms with Crippen molar-refractivity contribution in [3.05, 3.63) is 58.8 Å². The lowest BCUT2D eigenvalue weighted by atomic mass is 10.1. The molecule has 0 unspecified atom stereocenters. The molecule has 0 spiro atoms. The molecule has 0 aliphatic heterocycles. The van der Waals surface area contributed by atoms with Gasteiger partial charge < -0.3 is 14.9 Å². The number of nitrogens with two attached hydrogens (primary N) is 1. The highest BCUT2D eigenvalue weighted by molar-refractivity contribution is 9.10. The quantitative estimate of drug-likeness (QED) is 0.730. The van der Waals surface area contributed by atoms with Crippen LogP contribution in [0.2, 0.25) is 0 Å². The van der Waals surface area contributed by atoms with E-state index in [1.165, 1.54) is 0 Å². The molecule has 1 aromatic heterocycles. The van der Waals surface area contributed by atoms with Crippen LogP contribution in [0.25, 0.3) is 11.0 Å². The highest BCUT2D eigenvalue weighted by Crippen LogP contribution is 2.25. The van der Waals surface area contributed by atoms with Crippen molar-refractivity contribution in [1.82, 2.24) is 0 Å². The van der Waals surface area contributed by atoms with Gasteiger partial charge in [-0.25, -0.2) is 0 Å². The second-order valence-electron chi connectivity index (χ2n) is 4.26. The maximum atomic E-state index is 5.79. The van der Waals surface area contributed by atoms with Gasteiger partial charge in [0, 0.05) is 21.1 Å². The largest absolute Gasteiger partial charge is 0.489 e. The zero-order valence-electron chi connectivity index (χ0n) is 10.1. The Kier molecular flexibility index (Phi) is 3.17. The average Bonchev–Trinajstić information content (AvgIpc) is 2.79. The van der Waals surface area contributed by atoms with Gasteiger partial charge >= 0.3 is 0 Å². The highest BCUT2D eigenvalue weighted by Gasteiger charge is 2.07. The molecule has 19 heavy (non-hydrogen) atoms. The van der Waals surface area contributed by atoms with Crippen LogP contribution in [0.1, 0.15) is 5.56 Å². The lowest BCUT2D eigenvalue weighted by Gasteiger charge is -2.05. The Labute approximate surface area is 119 Å². The van der Waals surface area contributed by atoms with E-state index in [4.69, 9.17) is 14.9 Å². The fourth-order valence-electron chi connectivity index (χ4n) is 1.93. The molecule has 0 radical (unpaired) electrons. The van der Waals surface area contributed by atoms with Gasteiger partial charge in [-0.1, -0.05) is 22.0 Å². The normalized spacial score (nSPS) is 10.8. The predicted octanol–water partition coefficient (Wildman–Crippen LogP) is 4.36. The molecule has 0 aliphatic rings. The standard InChI is InChI=1S/C15H12BrNO2/c16-11-2-1-3-13(6-11)18-8-10-9-19-15-5-4-12(17)7-14(10)15/h1-7,9H,8,17H2. The molecule has 0 saturated carbocycles. The van der Waals surface area contributed by atoms with Crippen molar-refractivity contribution in [2.24, 2.45) is 0 Å². The summed E-state index contributed by atoms with van der Waals surface area (Å²) >= 11 is 3.42. The first kappa shape index (κ1) is 12.1. The van der Waals surface area contributed by atoms with Crippen molar-refractivity contribution in [1.29, 1.82) is 0 Å².